The molecular formula is C17H18N4O2S. The van der Waals surface area contributed by atoms with Gasteiger partial charge in [0, 0.05) is 0 Å². The summed E-state index contributed by atoms with van der Waals surface area (Å²) in [6, 6.07) is 13.6. The van der Waals surface area contributed by atoms with E-state index in [4.69, 9.17) is 4.42 Å². The number of furan rings is 1. The van der Waals surface area contributed by atoms with E-state index in [-0.39, 0.29) is 17.7 Å². The van der Waals surface area contributed by atoms with E-state index in [9.17, 15) is 4.79 Å². The van der Waals surface area contributed by atoms with Crippen LogP contribution in [-0.4, -0.2) is 26.4 Å². The van der Waals surface area contributed by atoms with Crippen LogP contribution in [0.3, 0.4) is 0 Å². The molecule has 1 N–H and O–H groups in total. The molecule has 0 saturated heterocycles. The molecule has 1 atom stereocenters. The molecule has 0 bridgehead atoms. The maximum Gasteiger partial charge on any atom is 0.230 e. The summed E-state index contributed by atoms with van der Waals surface area (Å²) in [5.41, 5.74) is 1.08. The molecule has 1 unspecified atom stereocenters. The Labute approximate surface area is 144 Å². The lowest BCUT2D eigenvalue weighted by Crippen LogP contribution is -2.28. The predicted octanol–water partition coefficient (Wildman–Crippen LogP) is 2.89. The van der Waals surface area contributed by atoms with Crippen LogP contribution in [0.15, 0.2) is 64.6 Å². The highest BCUT2D eigenvalue weighted by molar-refractivity contribution is 7.99. The van der Waals surface area contributed by atoms with Gasteiger partial charge < -0.3 is 14.3 Å². The Hall–Kier alpha value is -2.54. The summed E-state index contributed by atoms with van der Waals surface area (Å²) in [4.78, 5) is 12.1. The first-order valence-corrected chi connectivity index (χ1v) is 8.58. The number of carbonyl (C=O) groups excluding carboxylic acids is 1. The van der Waals surface area contributed by atoms with Gasteiger partial charge in [-0.05, 0) is 24.6 Å². The van der Waals surface area contributed by atoms with E-state index in [1.54, 1.807) is 12.6 Å². The Bertz CT molecular complexity index is 771. The van der Waals surface area contributed by atoms with E-state index in [1.807, 2.05) is 54.0 Å². The normalized spacial score (nSPS) is 12.0. The van der Waals surface area contributed by atoms with Gasteiger partial charge in [-0.15, -0.1) is 10.2 Å². The van der Waals surface area contributed by atoms with Crippen LogP contribution in [0.1, 0.15) is 24.3 Å². The second-order valence-electron chi connectivity index (χ2n) is 5.31. The Morgan fingerprint density at radius 3 is 2.88 bits per heavy atom. The topological polar surface area (TPSA) is 73.0 Å². The van der Waals surface area contributed by atoms with Gasteiger partial charge in [-0.3, -0.25) is 4.79 Å². The second-order valence-corrected chi connectivity index (χ2v) is 6.25. The molecule has 0 spiro atoms. The van der Waals surface area contributed by atoms with Gasteiger partial charge in [0.1, 0.15) is 12.1 Å². The summed E-state index contributed by atoms with van der Waals surface area (Å²) >= 11 is 1.36. The third-order valence-electron chi connectivity index (χ3n) is 3.50. The zero-order valence-electron chi connectivity index (χ0n) is 13.3. The summed E-state index contributed by atoms with van der Waals surface area (Å²) in [6.45, 7) is 2.52. The lowest BCUT2D eigenvalue weighted by molar-refractivity contribution is -0.119. The number of nitrogens with one attached hydrogen (secondary N) is 1. The molecule has 1 amide bonds. The van der Waals surface area contributed by atoms with E-state index in [1.165, 1.54) is 11.8 Å². The number of thioether (sulfide) groups is 1. The molecule has 7 heteroatoms. The minimum atomic E-state index is -0.0381. The quantitative estimate of drug-likeness (QED) is 0.668. The molecule has 0 aliphatic heterocycles. The minimum absolute atomic E-state index is 0.0275. The van der Waals surface area contributed by atoms with Crippen molar-refractivity contribution < 1.29 is 9.21 Å². The summed E-state index contributed by atoms with van der Waals surface area (Å²) in [5.74, 6) is 1.07. The molecule has 0 radical (unpaired) electrons. The van der Waals surface area contributed by atoms with Crippen LogP contribution in [0.2, 0.25) is 0 Å². The van der Waals surface area contributed by atoms with Crippen LogP contribution in [0.4, 0.5) is 0 Å². The second kappa shape index (κ2) is 7.83. The Morgan fingerprint density at radius 1 is 1.29 bits per heavy atom. The first-order chi connectivity index (χ1) is 11.7. The fourth-order valence-electron chi connectivity index (χ4n) is 2.27. The van der Waals surface area contributed by atoms with E-state index in [2.05, 4.69) is 15.5 Å². The maximum atomic E-state index is 12.1. The molecule has 3 rings (SSSR count). The van der Waals surface area contributed by atoms with E-state index in [0.29, 0.717) is 11.7 Å². The van der Waals surface area contributed by atoms with Gasteiger partial charge in [-0.1, -0.05) is 42.1 Å². The highest BCUT2D eigenvalue weighted by atomic mass is 32.2. The van der Waals surface area contributed by atoms with Gasteiger partial charge in [0.2, 0.25) is 5.91 Å². The first kappa shape index (κ1) is 16.3. The number of hydrogen-bond donors (Lipinski definition) is 1. The first-order valence-electron chi connectivity index (χ1n) is 7.59. The number of aromatic nitrogens is 3. The average molecular weight is 342 g/mol. The predicted molar refractivity (Wildman–Crippen MR) is 91.6 cm³/mol. The lowest BCUT2D eigenvalue weighted by Gasteiger charge is -2.14. The van der Waals surface area contributed by atoms with Gasteiger partial charge in [0.05, 0.1) is 24.6 Å². The molecule has 1 aromatic carbocycles. The molecular weight excluding hydrogens is 324 g/mol. The standard InChI is InChI=1S/C17H18N4O2S/c1-13(14-6-3-2-4-7-14)19-16(22)11-24-17-20-18-12-21(17)10-15-8-5-9-23-15/h2-9,12-13H,10-11H2,1H3,(H,19,22). The van der Waals surface area contributed by atoms with Crippen molar-refractivity contribution in [3.63, 3.8) is 0 Å². The fraction of sp³-hybridized carbons (Fsp3) is 0.235. The number of benzene rings is 1. The summed E-state index contributed by atoms with van der Waals surface area (Å²) in [5, 5.41) is 11.6. The largest absolute Gasteiger partial charge is 0.467 e. The van der Waals surface area contributed by atoms with Crippen LogP contribution in [0, 0.1) is 0 Å². The summed E-state index contributed by atoms with van der Waals surface area (Å²) in [6.07, 6.45) is 3.26. The van der Waals surface area contributed by atoms with Crippen molar-refractivity contribution in [2.24, 2.45) is 0 Å². The highest BCUT2D eigenvalue weighted by Gasteiger charge is 2.12. The number of hydrogen-bond acceptors (Lipinski definition) is 5. The molecule has 0 aliphatic carbocycles. The molecule has 6 nitrogen and oxygen atoms in total. The molecule has 2 heterocycles. The van der Waals surface area contributed by atoms with Crippen molar-refractivity contribution in [2.75, 3.05) is 5.75 Å². The molecule has 3 aromatic rings. The van der Waals surface area contributed by atoms with Gasteiger partial charge in [-0.2, -0.15) is 0 Å². The number of nitrogens with zero attached hydrogens (tertiary/aromatic N) is 3. The number of carbonyl (C=O) groups is 1. The maximum absolute atomic E-state index is 12.1. The van der Waals surface area contributed by atoms with Crippen LogP contribution in [0.5, 0.6) is 0 Å². The molecule has 0 saturated carbocycles. The minimum Gasteiger partial charge on any atom is -0.467 e. The van der Waals surface area contributed by atoms with Crippen LogP contribution in [-0.2, 0) is 11.3 Å². The van der Waals surface area contributed by atoms with Crippen molar-refractivity contribution in [1.29, 1.82) is 0 Å². The van der Waals surface area contributed by atoms with Crippen molar-refractivity contribution in [3.05, 3.63) is 66.4 Å². The summed E-state index contributed by atoms with van der Waals surface area (Å²) < 4.78 is 7.18. The van der Waals surface area contributed by atoms with Crippen LogP contribution >= 0.6 is 11.8 Å². The molecule has 124 valence electrons. The molecule has 0 fully saturated rings. The third-order valence-corrected chi connectivity index (χ3v) is 4.48. The third kappa shape index (κ3) is 4.26. The van der Waals surface area contributed by atoms with Gasteiger partial charge >= 0.3 is 0 Å². The Balaban J connectivity index is 1.52. The zero-order valence-corrected chi connectivity index (χ0v) is 14.1. The fourth-order valence-corrected chi connectivity index (χ4v) is 3.00. The van der Waals surface area contributed by atoms with Gasteiger partial charge in [0.25, 0.3) is 0 Å². The Morgan fingerprint density at radius 2 is 2.12 bits per heavy atom. The number of amides is 1. The Kier molecular flexibility index (Phi) is 5.32. The van der Waals surface area contributed by atoms with Gasteiger partial charge in [0.15, 0.2) is 5.16 Å². The average Bonchev–Trinajstić information content (AvgIpc) is 3.26. The zero-order chi connectivity index (χ0) is 16.8. The monoisotopic (exact) mass is 342 g/mol. The molecule has 0 aliphatic rings. The smallest absolute Gasteiger partial charge is 0.230 e. The van der Waals surface area contributed by atoms with Crippen molar-refractivity contribution in [1.82, 2.24) is 20.1 Å². The van der Waals surface area contributed by atoms with Gasteiger partial charge in [-0.25, -0.2) is 0 Å². The SMILES string of the molecule is CC(NC(=O)CSc1nncn1Cc1ccco1)c1ccccc1. The van der Waals surface area contributed by atoms with E-state index < -0.39 is 0 Å². The van der Waals surface area contributed by atoms with Crippen LogP contribution in [0.25, 0.3) is 0 Å². The molecule has 24 heavy (non-hydrogen) atoms. The number of rotatable bonds is 7. The summed E-state index contributed by atoms with van der Waals surface area (Å²) in [7, 11) is 0. The lowest BCUT2D eigenvalue weighted by atomic mass is 10.1. The van der Waals surface area contributed by atoms with E-state index in [0.717, 1.165) is 11.3 Å². The molecule has 2 aromatic heterocycles. The van der Waals surface area contributed by atoms with Crippen molar-refractivity contribution >= 4 is 17.7 Å². The highest BCUT2D eigenvalue weighted by Crippen LogP contribution is 2.17. The van der Waals surface area contributed by atoms with Crippen LogP contribution < -0.4 is 5.32 Å². The van der Waals surface area contributed by atoms with E-state index >= 15 is 0 Å². The van der Waals surface area contributed by atoms with Crippen molar-refractivity contribution in [3.8, 4) is 0 Å². The van der Waals surface area contributed by atoms with Crippen molar-refractivity contribution in [2.45, 2.75) is 24.7 Å².